The molecule has 9 heteroatoms. The molecule has 2 aromatic carbocycles. The van der Waals surface area contributed by atoms with E-state index in [0.717, 1.165) is 33.7 Å². The maximum Gasteiger partial charge on any atom is 0.244 e. The second-order valence-corrected chi connectivity index (χ2v) is 8.57. The Morgan fingerprint density at radius 1 is 1.12 bits per heavy atom. The number of nitrogens with one attached hydrogen (secondary N) is 2. The lowest BCUT2D eigenvalue weighted by Gasteiger charge is -2.18. The number of carbonyl (C=O) groups is 3. The molecule has 0 saturated heterocycles. The molecular formula is C25H25FN4O3S. The number of thiazole rings is 1. The monoisotopic (exact) mass is 480 g/mol. The van der Waals surface area contributed by atoms with Crippen LogP contribution in [0.25, 0.3) is 6.08 Å². The van der Waals surface area contributed by atoms with Gasteiger partial charge in [-0.25, -0.2) is 9.37 Å². The van der Waals surface area contributed by atoms with E-state index < -0.39 is 17.6 Å². The first-order valence-electron chi connectivity index (χ1n) is 10.5. The Kier molecular flexibility index (Phi) is 7.91. The summed E-state index contributed by atoms with van der Waals surface area (Å²) in [6.07, 6.45) is 2.71. The number of rotatable bonds is 7. The van der Waals surface area contributed by atoms with Gasteiger partial charge < -0.3 is 10.6 Å². The summed E-state index contributed by atoms with van der Waals surface area (Å²) in [6, 6.07) is 9.88. The highest BCUT2D eigenvalue weighted by molar-refractivity contribution is 7.14. The molecule has 34 heavy (non-hydrogen) atoms. The topological polar surface area (TPSA) is 91.4 Å². The number of halogens is 1. The normalized spacial score (nSPS) is 10.9. The molecular weight excluding hydrogens is 455 g/mol. The molecule has 0 fully saturated rings. The fourth-order valence-electron chi connectivity index (χ4n) is 3.44. The summed E-state index contributed by atoms with van der Waals surface area (Å²) in [7, 11) is 0. The number of para-hydroxylation sites is 1. The zero-order valence-corrected chi connectivity index (χ0v) is 20.1. The Labute approximate surface area is 201 Å². The Balaban J connectivity index is 1.60. The number of amides is 3. The number of aryl methyl sites for hydroxylation is 3. The van der Waals surface area contributed by atoms with E-state index in [1.54, 1.807) is 11.4 Å². The van der Waals surface area contributed by atoms with Gasteiger partial charge >= 0.3 is 0 Å². The van der Waals surface area contributed by atoms with Crippen molar-refractivity contribution < 1.29 is 18.8 Å². The summed E-state index contributed by atoms with van der Waals surface area (Å²) in [5.74, 6) is -1.74. The van der Waals surface area contributed by atoms with E-state index in [2.05, 4.69) is 15.6 Å². The van der Waals surface area contributed by atoms with Crippen LogP contribution in [0, 0.1) is 26.6 Å². The highest BCUT2D eigenvalue weighted by Gasteiger charge is 2.20. The molecule has 1 heterocycles. The van der Waals surface area contributed by atoms with Crippen molar-refractivity contribution >= 4 is 51.6 Å². The average Bonchev–Trinajstić information content (AvgIpc) is 3.23. The van der Waals surface area contributed by atoms with Crippen LogP contribution in [0.2, 0.25) is 0 Å². The van der Waals surface area contributed by atoms with Gasteiger partial charge in [-0.2, -0.15) is 0 Å². The Morgan fingerprint density at radius 2 is 1.79 bits per heavy atom. The van der Waals surface area contributed by atoms with Crippen molar-refractivity contribution in [1.29, 1.82) is 0 Å². The molecule has 3 amide bonds. The first-order valence-corrected chi connectivity index (χ1v) is 11.4. The molecule has 0 bridgehead atoms. The molecule has 3 rings (SSSR count). The first kappa shape index (κ1) is 24.8. The third-order valence-electron chi connectivity index (χ3n) is 4.88. The number of hydrogen-bond acceptors (Lipinski definition) is 5. The van der Waals surface area contributed by atoms with Gasteiger partial charge in [-0.15, -0.1) is 11.3 Å². The summed E-state index contributed by atoms with van der Waals surface area (Å²) in [6.45, 7) is 6.95. The predicted molar refractivity (Wildman–Crippen MR) is 133 cm³/mol. The Hall–Kier alpha value is -3.85. The van der Waals surface area contributed by atoms with E-state index in [1.165, 1.54) is 42.2 Å². The van der Waals surface area contributed by atoms with Crippen LogP contribution in [0.1, 0.15) is 29.3 Å². The molecule has 0 saturated carbocycles. The molecule has 3 aromatic rings. The van der Waals surface area contributed by atoms with Crippen molar-refractivity contribution in [2.45, 2.75) is 27.7 Å². The highest BCUT2D eigenvalue weighted by Crippen LogP contribution is 2.31. The smallest absolute Gasteiger partial charge is 0.244 e. The van der Waals surface area contributed by atoms with Gasteiger partial charge in [0.1, 0.15) is 5.82 Å². The number of carbonyl (C=O) groups excluding carboxylic acids is 3. The minimum absolute atomic E-state index is 0.0997. The van der Waals surface area contributed by atoms with E-state index in [1.807, 2.05) is 32.9 Å². The van der Waals surface area contributed by atoms with Crippen LogP contribution in [0.15, 0.2) is 47.9 Å². The maximum atomic E-state index is 14.2. The van der Waals surface area contributed by atoms with Gasteiger partial charge in [0, 0.05) is 24.1 Å². The zero-order valence-electron chi connectivity index (χ0n) is 19.3. The lowest BCUT2D eigenvalue weighted by atomic mass is 10.1. The van der Waals surface area contributed by atoms with Gasteiger partial charge in [0.05, 0.1) is 17.9 Å². The van der Waals surface area contributed by atoms with Gasteiger partial charge in [0.2, 0.25) is 17.7 Å². The van der Waals surface area contributed by atoms with Crippen molar-refractivity contribution in [3.8, 4) is 0 Å². The van der Waals surface area contributed by atoms with Gasteiger partial charge in [-0.3, -0.25) is 19.3 Å². The van der Waals surface area contributed by atoms with E-state index in [9.17, 15) is 18.8 Å². The third-order valence-corrected chi connectivity index (χ3v) is 5.72. The van der Waals surface area contributed by atoms with Gasteiger partial charge in [0.15, 0.2) is 5.13 Å². The minimum Gasteiger partial charge on any atom is -0.343 e. The third kappa shape index (κ3) is 6.14. The molecule has 0 radical (unpaired) electrons. The van der Waals surface area contributed by atoms with Crippen molar-refractivity contribution in [3.05, 3.63) is 76.1 Å². The van der Waals surface area contributed by atoms with Crippen LogP contribution in [-0.2, 0) is 14.4 Å². The Morgan fingerprint density at radius 3 is 2.44 bits per heavy atom. The average molecular weight is 481 g/mol. The Bertz CT molecular complexity index is 1250. The van der Waals surface area contributed by atoms with Crippen molar-refractivity contribution in [3.63, 3.8) is 0 Å². The van der Waals surface area contributed by atoms with Crippen molar-refractivity contribution in [2.24, 2.45) is 0 Å². The second kappa shape index (κ2) is 10.8. The second-order valence-electron chi connectivity index (χ2n) is 7.73. The van der Waals surface area contributed by atoms with Gasteiger partial charge in [-0.1, -0.05) is 29.8 Å². The molecule has 0 aliphatic heterocycles. The van der Waals surface area contributed by atoms with Crippen LogP contribution < -0.4 is 15.5 Å². The lowest BCUT2D eigenvalue weighted by molar-refractivity contribution is -0.121. The molecule has 0 aliphatic rings. The van der Waals surface area contributed by atoms with E-state index in [0.29, 0.717) is 5.69 Å². The SMILES string of the molecule is CC(=O)N(c1nc(C=CC(=O)NCC(=O)Nc2c(C)cc(C)cc2C)cs1)c1ccccc1F. The molecule has 1 aromatic heterocycles. The van der Waals surface area contributed by atoms with E-state index in [4.69, 9.17) is 0 Å². The summed E-state index contributed by atoms with van der Waals surface area (Å²) in [5, 5.41) is 7.28. The fraction of sp³-hybridized carbons (Fsp3) is 0.200. The quantitative estimate of drug-likeness (QED) is 0.481. The standard InChI is InChI=1S/C25H25FN4O3S/c1-15-11-16(2)24(17(3)12-15)29-23(33)13-27-22(32)10-9-19-14-34-25(28-19)30(18(4)31)21-8-6-5-7-20(21)26/h5-12,14H,13H2,1-4H3,(H,27,32)(H,29,33). The summed E-state index contributed by atoms with van der Waals surface area (Å²) in [5.41, 5.74) is 4.27. The largest absolute Gasteiger partial charge is 0.343 e. The predicted octanol–water partition coefficient (Wildman–Crippen LogP) is 4.66. The van der Waals surface area contributed by atoms with Crippen LogP contribution >= 0.6 is 11.3 Å². The zero-order chi connectivity index (χ0) is 24.8. The molecule has 2 N–H and O–H groups in total. The molecule has 0 unspecified atom stereocenters. The van der Waals surface area contributed by atoms with E-state index in [-0.39, 0.29) is 23.3 Å². The summed E-state index contributed by atoms with van der Waals surface area (Å²) >= 11 is 1.14. The van der Waals surface area contributed by atoms with Crippen molar-refractivity contribution in [2.75, 3.05) is 16.8 Å². The molecule has 0 atom stereocenters. The van der Waals surface area contributed by atoms with Crippen LogP contribution in [0.5, 0.6) is 0 Å². The number of nitrogens with zero attached hydrogens (tertiary/aromatic N) is 2. The molecule has 176 valence electrons. The van der Waals surface area contributed by atoms with Crippen LogP contribution in [-0.4, -0.2) is 29.3 Å². The molecule has 7 nitrogen and oxygen atoms in total. The summed E-state index contributed by atoms with van der Waals surface area (Å²) in [4.78, 5) is 42.0. The van der Waals surface area contributed by atoms with Gasteiger partial charge in [-0.05, 0) is 50.1 Å². The maximum absolute atomic E-state index is 14.2. The minimum atomic E-state index is -0.543. The first-order chi connectivity index (χ1) is 16.2. The van der Waals surface area contributed by atoms with Crippen LogP contribution in [0.4, 0.5) is 20.9 Å². The highest BCUT2D eigenvalue weighted by atomic mass is 32.1. The fourth-order valence-corrected chi connectivity index (χ4v) is 4.29. The summed E-state index contributed by atoms with van der Waals surface area (Å²) < 4.78 is 14.2. The lowest BCUT2D eigenvalue weighted by Crippen LogP contribution is -2.32. The van der Waals surface area contributed by atoms with Crippen molar-refractivity contribution in [1.82, 2.24) is 10.3 Å². The molecule has 0 spiro atoms. The number of benzene rings is 2. The molecule has 0 aliphatic carbocycles. The van der Waals surface area contributed by atoms with Crippen LogP contribution in [0.3, 0.4) is 0 Å². The van der Waals surface area contributed by atoms with Gasteiger partial charge in [0.25, 0.3) is 0 Å². The number of aromatic nitrogens is 1. The number of anilines is 3. The van der Waals surface area contributed by atoms with E-state index >= 15 is 0 Å². The number of hydrogen-bond donors (Lipinski definition) is 2.